The highest BCUT2D eigenvalue weighted by atomic mass is 79.9. The van der Waals surface area contributed by atoms with E-state index in [0.717, 1.165) is 35.8 Å². The lowest BCUT2D eigenvalue weighted by Crippen LogP contribution is -2.36. The summed E-state index contributed by atoms with van der Waals surface area (Å²) in [4.78, 5) is 13.0. The minimum absolute atomic E-state index is 0.0919. The van der Waals surface area contributed by atoms with Gasteiger partial charge in [-0.15, -0.1) is 0 Å². The highest BCUT2D eigenvalue weighted by Gasteiger charge is 2.21. The van der Waals surface area contributed by atoms with Gasteiger partial charge in [-0.2, -0.15) is 5.26 Å². The number of nitriles is 1. The molecular weight excluding hydrogens is 280 g/mol. The van der Waals surface area contributed by atoms with Gasteiger partial charge in [0.25, 0.3) is 0 Å². The molecule has 2 rings (SSSR count). The molecule has 0 N–H and O–H groups in total. The number of piperidine rings is 1. The molecule has 1 aliphatic rings. The van der Waals surface area contributed by atoms with E-state index < -0.39 is 0 Å². The second kappa shape index (κ2) is 5.33. The third-order valence-electron chi connectivity index (χ3n) is 3.09. The van der Waals surface area contributed by atoms with Crippen molar-refractivity contribution in [2.24, 2.45) is 5.92 Å². The first kappa shape index (κ1) is 12.1. The van der Waals surface area contributed by atoms with E-state index >= 15 is 0 Å². The van der Waals surface area contributed by atoms with E-state index in [2.05, 4.69) is 26.9 Å². The summed E-state index contributed by atoms with van der Waals surface area (Å²) in [5.74, 6) is 0.0919. The fraction of sp³-hybridized carbons (Fsp3) is 0.385. The molecule has 0 aromatic heterocycles. The molecule has 4 heteroatoms. The van der Waals surface area contributed by atoms with Crippen LogP contribution in [0.1, 0.15) is 18.4 Å². The molecule has 0 spiro atoms. The Bertz CT molecular complexity index is 467. The number of nitrogens with zero attached hydrogens (tertiary/aromatic N) is 2. The van der Waals surface area contributed by atoms with Gasteiger partial charge in [-0.05, 0) is 40.9 Å². The van der Waals surface area contributed by atoms with Crippen LogP contribution < -0.4 is 4.90 Å². The van der Waals surface area contributed by atoms with E-state index in [4.69, 9.17) is 0 Å². The zero-order valence-electron chi connectivity index (χ0n) is 9.40. The lowest BCUT2D eigenvalue weighted by molar-refractivity contribution is -0.111. The molecule has 88 valence electrons. The summed E-state index contributed by atoms with van der Waals surface area (Å²) in [6, 6.07) is 7.94. The Hall–Kier alpha value is -1.34. The summed E-state index contributed by atoms with van der Waals surface area (Å²) < 4.78 is 0.811. The van der Waals surface area contributed by atoms with E-state index in [1.165, 1.54) is 0 Å². The highest BCUT2D eigenvalue weighted by Crippen LogP contribution is 2.29. The monoisotopic (exact) mass is 292 g/mol. The number of rotatable bonds is 2. The maximum atomic E-state index is 10.9. The summed E-state index contributed by atoms with van der Waals surface area (Å²) in [5, 5.41) is 9.18. The first-order valence-corrected chi connectivity index (χ1v) is 6.44. The van der Waals surface area contributed by atoms with Crippen LogP contribution in [-0.4, -0.2) is 19.4 Å². The lowest BCUT2D eigenvalue weighted by atomic mass is 9.98. The molecule has 1 aliphatic heterocycles. The van der Waals surface area contributed by atoms with Crippen molar-refractivity contribution in [2.45, 2.75) is 12.8 Å². The number of carbonyl (C=O) groups is 1. The number of hydrogen-bond donors (Lipinski definition) is 0. The van der Waals surface area contributed by atoms with Gasteiger partial charge in [-0.3, -0.25) is 0 Å². The molecule has 0 bridgehead atoms. The van der Waals surface area contributed by atoms with Crippen LogP contribution in [0.25, 0.3) is 0 Å². The molecule has 3 nitrogen and oxygen atoms in total. The van der Waals surface area contributed by atoms with E-state index in [1.807, 2.05) is 18.2 Å². The fourth-order valence-corrected chi connectivity index (χ4v) is 2.67. The number of halogens is 1. The van der Waals surface area contributed by atoms with Gasteiger partial charge in [0, 0.05) is 23.5 Å². The second-order valence-corrected chi connectivity index (χ2v) is 5.08. The van der Waals surface area contributed by atoms with Gasteiger partial charge in [0.15, 0.2) is 0 Å². The molecule has 0 aliphatic carbocycles. The molecule has 0 radical (unpaired) electrons. The Morgan fingerprint density at radius 2 is 2.35 bits per heavy atom. The molecule has 1 aromatic carbocycles. The number of hydrogen-bond acceptors (Lipinski definition) is 3. The largest absolute Gasteiger partial charge is 0.370 e. The van der Waals surface area contributed by atoms with E-state index in [9.17, 15) is 10.1 Å². The van der Waals surface area contributed by atoms with Crippen molar-refractivity contribution in [3.63, 3.8) is 0 Å². The average Bonchev–Trinajstić information content (AvgIpc) is 2.38. The smallest absolute Gasteiger partial charge is 0.124 e. The summed E-state index contributed by atoms with van der Waals surface area (Å²) in [5.41, 5.74) is 1.58. The van der Waals surface area contributed by atoms with Crippen molar-refractivity contribution in [1.82, 2.24) is 0 Å². The first-order valence-electron chi connectivity index (χ1n) is 5.65. The topological polar surface area (TPSA) is 44.1 Å². The van der Waals surface area contributed by atoms with Gasteiger partial charge in [0.1, 0.15) is 12.4 Å². The maximum absolute atomic E-state index is 10.9. The Labute approximate surface area is 109 Å². The molecular formula is C13H13BrN2O. The zero-order chi connectivity index (χ0) is 12.3. The molecule has 1 heterocycles. The van der Waals surface area contributed by atoms with Crippen molar-refractivity contribution in [3.05, 3.63) is 28.2 Å². The molecule has 0 saturated carbocycles. The van der Waals surface area contributed by atoms with Crippen molar-refractivity contribution in [2.75, 3.05) is 18.0 Å². The Balaban J connectivity index is 2.31. The van der Waals surface area contributed by atoms with E-state index in [-0.39, 0.29) is 5.92 Å². The summed E-state index contributed by atoms with van der Waals surface area (Å²) in [6.07, 6.45) is 2.98. The Morgan fingerprint density at radius 1 is 1.53 bits per heavy atom. The van der Waals surface area contributed by atoms with Crippen molar-refractivity contribution < 1.29 is 4.79 Å². The van der Waals surface area contributed by atoms with Crippen LogP contribution in [0.5, 0.6) is 0 Å². The normalized spacial score (nSPS) is 19.8. The van der Waals surface area contributed by atoms with Gasteiger partial charge in [-0.1, -0.05) is 6.07 Å². The standard InChI is InChI=1S/C13H13BrN2O/c14-12-4-1-5-13(11(12)7-15)16-6-2-3-10(8-16)9-17/h1,4-5,9-10H,2-3,6,8H2. The van der Waals surface area contributed by atoms with Crippen LogP contribution in [0.3, 0.4) is 0 Å². The molecule has 1 atom stereocenters. The third-order valence-corrected chi connectivity index (χ3v) is 3.76. The number of carbonyl (C=O) groups excluding carboxylic acids is 1. The summed E-state index contributed by atoms with van der Waals surface area (Å²) >= 11 is 3.39. The predicted octanol–water partition coefficient (Wildman–Crippen LogP) is 2.74. The molecule has 1 unspecified atom stereocenters. The van der Waals surface area contributed by atoms with Gasteiger partial charge >= 0.3 is 0 Å². The van der Waals surface area contributed by atoms with Crippen LogP contribution in [-0.2, 0) is 4.79 Å². The number of anilines is 1. The first-order chi connectivity index (χ1) is 8.26. The minimum atomic E-state index is 0.0919. The second-order valence-electron chi connectivity index (χ2n) is 4.23. The third kappa shape index (κ3) is 2.50. The van der Waals surface area contributed by atoms with Crippen molar-refractivity contribution in [3.8, 4) is 6.07 Å². The fourth-order valence-electron chi connectivity index (χ4n) is 2.23. The molecule has 1 fully saturated rings. The van der Waals surface area contributed by atoms with E-state index in [0.29, 0.717) is 12.1 Å². The molecule has 1 saturated heterocycles. The Kier molecular flexibility index (Phi) is 3.80. The predicted molar refractivity (Wildman–Crippen MR) is 69.9 cm³/mol. The highest BCUT2D eigenvalue weighted by molar-refractivity contribution is 9.10. The van der Waals surface area contributed by atoms with Crippen molar-refractivity contribution in [1.29, 1.82) is 5.26 Å². The van der Waals surface area contributed by atoms with Gasteiger partial charge in [0.2, 0.25) is 0 Å². The lowest BCUT2D eigenvalue weighted by Gasteiger charge is -2.32. The van der Waals surface area contributed by atoms with E-state index in [1.54, 1.807) is 0 Å². The molecule has 0 amide bonds. The SMILES string of the molecule is N#Cc1c(Br)cccc1N1CCCC(C=O)C1. The summed E-state index contributed by atoms with van der Waals surface area (Å²) in [7, 11) is 0. The van der Waals surface area contributed by atoms with Gasteiger partial charge < -0.3 is 9.69 Å². The zero-order valence-corrected chi connectivity index (χ0v) is 11.0. The van der Waals surface area contributed by atoms with Crippen LogP contribution in [0.4, 0.5) is 5.69 Å². The van der Waals surface area contributed by atoms with Crippen LogP contribution in [0.15, 0.2) is 22.7 Å². The van der Waals surface area contributed by atoms with Crippen molar-refractivity contribution >= 4 is 27.9 Å². The molecule has 1 aromatic rings. The average molecular weight is 293 g/mol. The van der Waals surface area contributed by atoms with Crippen LogP contribution >= 0.6 is 15.9 Å². The van der Waals surface area contributed by atoms with Gasteiger partial charge in [-0.25, -0.2) is 0 Å². The number of benzene rings is 1. The summed E-state index contributed by atoms with van der Waals surface area (Å²) in [6.45, 7) is 1.63. The van der Waals surface area contributed by atoms with Crippen LogP contribution in [0.2, 0.25) is 0 Å². The Morgan fingerprint density at radius 3 is 3.06 bits per heavy atom. The maximum Gasteiger partial charge on any atom is 0.124 e. The van der Waals surface area contributed by atoms with Crippen LogP contribution in [0, 0.1) is 17.2 Å². The quantitative estimate of drug-likeness (QED) is 0.788. The minimum Gasteiger partial charge on any atom is -0.370 e. The number of aldehydes is 1. The van der Waals surface area contributed by atoms with Gasteiger partial charge in [0.05, 0.1) is 11.3 Å². The molecule has 17 heavy (non-hydrogen) atoms.